The van der Waals surface area contributed by atoms with Crippen molar-refractivity contribution >= 4 is 5.69 Å². The van der Waals surface area contributed by atoms with E-state index in [-0.39, 0.29) is 0 Å². The number of nitrogen functional groups attached to an aromatic ring is 1. The predicted octanol–water partition coefficient (Wildman–Crippen LogP) is 1.81. The van der Waals surface area contributed by atoms with E-state index in [2.05, 4.69) is 9.78 Å². The van der Waals surface area contributed by atoms with Crippen LogP contribution in [-0.2, 0) is 0 Å². The SMILES string of the molecule is Cc1nn(C2CCC2)c(C)c1N. The molecule has 1 fully saturated rings. The molecule has 0 amide bonds. The van der Waals surface area contributed by atoms with Crippen LogP contribution in [-0.4, -0.2) is 9.78 Å². The maximum absolute atomic E-state index is 5.84. The van der Waals surface area contributed by atoms with Crippen LogP contribution in [0.3, 0.4) is 0 Å². The van der Waals surface area contributed by atoms with Crippen molar-refractivity contribution in [3.8, 4) is 0 Å². The molecule has 0 unspecified atom stereocenters. The first-order chi connectivity index (χ1) is 5.70. The third-order valence-electron chi connectivity index (χ3n) is 2.80. The second-order valence-corrected chi connectivity index (χ2v) is 3.61. The number of aryl methyl sites for hydroxylation is 1. The molecule has 66 valence electrons. The van der Waals surface area contributed by atoms with E-state index in [1.165, 1.54) is 19.3 Å². The van der Waals surface area contributed by atoms with E-state index in [0.29, 0.717) is 6.04 Å². The lowest BCUT2D eigenvalue weighted by molar-refractivity contribution is 0.284. The van der Waals surface area contributed by atoms with Gasteiger partial charge in [-0.15, -0.1) is 0 Å². The van der Waals surface area contributed by atoms with E-state index in [1.54, 1.807) is 0 Å². The molecule has 1 aromatic rings. The Bertz CT molecular complexity index is 297. The van der Waals surface area contributed by atoms with Crippen molar-refractivity contribution < 1.29 is 0 Å². The third-order valence-corrected chi connectivity index (χ3v) is 2.80. The summed E-state index contributed by atoms with van der Waals surface area (Å²) in [5.41, 5.74) is 8.81. The smallest absolute Gasteiger partial charge is 0.0826 e. The number of nitrogens with two attached hydrogens (primary N) is 1. The number of hydrogen-bond donors (Lipinski definition) is 1. The Labute approximate surface area is 72.6 Å². The fourth-order valence-electron chi connectivity index (χ4n) is 1.66. The number of nitrogens with zero attached hydrogens (tertiary/aromatic N) is 2. The van der Waals surface area contributed by atoms with E-state index in [9.17, 15) is 0 Å². The van der Waals surface area contributed by atoms with Crippen molar-refractivity contribution in [1.29, 1.82) is 0 Å². The molecule has 1 aliphatic carbocycles. The standard InChI is InChI=1S/C9H15N3/c1-6-9(10)7(2)12(11-6)8-4-3-5-8/h8H,3-5,10H2,1-2H3. The van der Waals surface area contributed by atoms with Crippen LogP contribution in [0, 0.1) is 13.8 Å². The van der Waals surface area contributed by atoms with Gasteiger partial charge in [-0.2, -0.15) is 5.10 Å². The summed E-state index contributed by atoms with van der Waals surface area (Å²) in [5.74, 6) is 0. The Hall–Kier alpha value is -0.990. The van der Waals surface area contributed by atoms with Gasteiger partial charge in [0.1, 0.15) is 0 Å². The van der Waals surface area contributed by atoms with Crippen LogP contribution >= 0.6 is 0 Å². The summed E-state index contributed by atoms with van der Waals surface area (Å²) in [6.07, 6.45) is 3.87. The summed E-state index contributed by atoms with van der Waals surface area (Å²) in [6.45, 7) is 4.02. The molecule has 0 saturated heterocycles. The Balaban J connectivity index is 2.36. The van der Waals surface area contributed by atoms with Gasteiger partial charge >= 0.3 is 0 Å². The zero-order valence-electron chi connectivity index (χ0n) is 7.67. The Morgan fingerprint density at radius 3 is 2.42 bits per heavy atom. The molecular weight excluding hydrogens is 150 g/mol. The molecule has 0 spiro atoms. The van der Waals surface area contributed by atoms with Gasteiger partial charge < -0.3 is 5.73 Å². The molecule has 2 rings (SSSR count). The normalized spacial score (nSPS) is 17.8. The fraction of sp³-hybridized carbons (Fsp3) is 0.667. The molecule has 12 heavy (non-hydrogen) atoms. The van der Waals surface area contributed by atoms with E-state index in [0.717, 1.165) is 17.1 Å². The minimum Gasteiger partial charge on any atom is -0.396 e. The van der Waals surface area contributed by atoms with Crippen molar-refractivity contribution in [1.82, 2.24) is 9.78 Å². The number of rotatable bonds is 1. The molecule has 1 saturated carbocycles. The van der Waals surface area contributed by atoms with Crippen molar-refractivity contribution in [2.45, 2.75) is 39.2 Å². The minimum atomic E-state index is 0.626. The number of hydrogen-bond acceptors (Lipinski definition) is 2. The van der Waals surface area contributed by atoms with E-state index in [4.69, 9.17) is 5.73 Å². The lowest BCUT2D eigenvalue weighted by atomic mass is 9.93. The van der Waals surface area contributed by atoms with E-state index < -0.39 is 0 Å². The molecule has 2 N–H and O–H groups in total. The van der Waals surface area contributed by atoms with Gasteiger partial charge in [-0.25, -0.2) is 0 Å². The summed E-state index contributed by atoms with van der Waals surface area (Å²) >= 11 is 0. The largest absolute Gasteiger partial charge is 0.396 e. The van der Waals surface area contributed by atoms with Gasteiger partial charge in [-0.3, -0.25) is 4.68 Å². The van der Waals surface area contributed by atoms with E-state index >= 15 is 0 Å². The van der Waals surface area contributed by atoms with Crippen molar-refractivity contribution in [2.75, 3.05) is 5.73 Å². The monoisotopic (exact) mass is 165 g/mol. The molecule has 0 radical (unpaired) electrons. The number of aromatic nitrogens is 2. The summed E-state index contributed by atoms with van der Waals surface area (Å²) in [7, 11) is 0. The fourth-order valence-corrected chi connectivity index (χ4v) is 1.66. The molecular formula is C9H15N3. The van der Waals surface area contributed by atoms with Crippen LogP contribution in [0.1, 0.15) is 36.7 Å². The van der Waals surface area contributed by atoms with Gasteiger partial charge in [-0.05, 0) is 33.1 Å². The molecule has 0 aliphatic heterocycles. The minimum absolute atomic E-state index is 0.626. The predicted molar refractivity (Wildman–Crippen MR) is 49.0 cm³/mol. The molecule has 1 aliphatic rings. The molecule has 1 heterocycles. The summed E-state index contributed by atoms with van der Waals surface area (Å²) in [5, 5.41) is 4.42. The second-order valence-electron chi connectivity index (χ2n) is 3.61. The van der Waals surface area contributed by atoms with Crippen LogP contribution in [0.2, 0.25) is 0 Å². The van der Waals surface area contributed by atoms with Gasteiger partial charge in [0.15, 0.2) is 0 Å². The quantitative estimate of drug-likeness (QED) is 0.689. The van der Waals surface area contributed by atoms with Crippen LogP contribution in [0.15, 0.2) is 0 Å². The molecule has 0 aromatic carbocycles. The van der Waals surface area contributed by atoms with Gasteiger partial charge in [-0.1, -0.05) is 0 Å². The molecule has 3 heteroatoms. The summed E-state index contributed by atoms with van der Waals surface area (Å²) < 4.78 is 2.09. The summed E-state index contributed by atoms with van der Waals surface area (Å²) in [4.78, 5) is 0. The Morgan fingerprint density at radius 2 is 2.08 bits per heavy atom. The number of anilines is 1. The van der Waals surface area contributed by atoms with E-state index in [1.807, 2.05) is 13.8 Å². The average Bonchev–Trinajstić information content (AvgIpc) is 2.15. The van der Waals surface area contributed by atoms with Crippen molar-refractivity contribution in [3.63, 3.8) is 0 Å². The highest BCUT2D eigenvalue weighted by Gasteiger charge is 2.22. The van der Waals surface area contributed by atoms with Crippen LogP contribution in [0.25, 0.3) is 0 Å². The maximum atomic E-state index is 5.84. The maximum Gasteiger partial charge on any atom is 0.0826 e. The van der Waals surface area contributed by atoms with Crippen LogP contribution < -0.4 is 5.73 Å². The highest BCUT2D eigenvalue weighted by Crippen LogP contribution is 2.33. The zero-order chi connectivity index (χ0) is 8.72. The average molecular weight is 165 g/mol. The molecule has 3 nitrogen and oxygen atoms in total. The zero-order valence-corrected chi connectivity index (χ0v) is 7.67. The topological polar surface area (TPSA) is 43.8 Å². The third kappa shape index (κ3) is 0.924. The van der Waals surface area contributed by atoms with Gasteiger partial charge in [0.05, 0.1) is 23.1 Å². The van der Waals surface area contributed by atoms with Gasteiger partial charge in [0.25, 0.3) is 0 Å². The van der Waals surface area contributed by atoms with Gasteiger partial charge in [0.2, 0.25) is 0 Å². The lowest BCUT2D eigenvalue weighted by Crippen LogP contribution is -2.19. The van der Waals surface area contributed by atoms with Crippen LogP contribution in [0.4, 0.5) is 5.69 Å². The van der Waals surface area contributed by atoms with Crippen LogP contribution in [0.5, 0.6) is 0 Å². The highest BCUT2D eigenvalue weighted by atomic mass is 15.3. The molecule has 0 bridgehead atoms. The second kappa shape index (κ2) is 2.51. The van der Waals surface area contributed by atoms with Crippen molar-refractivity contribution in [2.24, 2.45) is 0 Å². The highest BCUT2D eigenvalue weighted by molar-refractivity contribution is 5.47. The first-order valence-electron chi connectivity index (χ1n) is 4.51. The molecule has 0 atom stereocenters. The molecule has 1 aromatic heterocycles. The first-order valence-corrected chi connectivity index (χ1v) is 4.51. The van der Waals surface area contributed by atoms with Crippen molar-refractivity contribution in [3.05, 3.63) is 11.4 Å². The summed E-state index contributed by atoms with van der Waals surface area (Å²) in [6, 6.07) is 0.626. The Kier molecular flexibility index (Phi) is 1.60. The Morgan fingerprint density at radius 1 is 1.42 bits per heavy atom. The first kappa shape index (κ1) is 7.65. The lowest BCUT2D eigenvalue weighted by Gasteiger charge is -2.26. The van der Waals surface area contributed by atoms with Gasteiger partial charge in [0, 0.05) is 0 Å².